The van der Waals surface area contributed by atoms with Crippen molar-refractivity contribution in [3.63, 3.8) is 0 Å². The first-order chi connectivity index (χ1) is 20.5. The number of nitrogens with one attached hydrogen (secondary N) is 1. The zero-order chi connectivity index (χ0) is 30.4. The molecule has 2 amide bonds. The van der Waals surface area contributed by atoms with Crippen LogP contribution < -0.4 is 14.8 Å². The molecule has 5 heterocycles. The van der Waals surface area contributed by atoms with Crippen LogP contribution in [0.5, 0.6) is 11.6 Å². The maximum absolute atomic E-state index is 13.5. The summed E-state index contributed by atoms with van der Waals surface area (Å²) >= 11 is 0.419. The Morgan fingerprint density at radius 1 is 1.19 bits per heavy atom. The highest BCUT2D eigenvalue weighted by molar-refractivity contribution is 7.10. The van der Waals surface area contributed by atoms with Gasteiger partial charge in [0.15, 0.2) is 16.5 Å². The average molecular weight is 617 g/mol. The van der Waals surface area contributed by atoms with Crippen LogP contribution in [-0.4, -0.2) is 88.5 Å². The predicted octanol–water partition coefficient (Wildman–Crippen LogP) is 4.14. The van der Waals surface area contributed by atoms with Crippen molar-refractivity contribution >= 4 is 23.2 Å². The Morgan fingerprint density at radius 2 is 1.98 bits per heavy atom. The van der Waals surface area contributed by atoms with Gasteiger partial charge in [0.2, 0.25) is 5.88 Å². The molecule has 1 saturated carbocycles. The highest BCUT2D eigenvalue weighted by Gasteiger charge is 2.55. The molecule has 6 rings (SSSR count). The number of likely N-dealkylation sites (N-methyl/N-ethyl adjacent to an activating group) is 1. The normalized spacial score (nSPS) is 20.0. The van der Waals surface area contributed by atoms with E-state index in [-0.39, 0.29) is 34.9 Å². The van der Waals surface area contributed by atoms with Gasteiger partial charge in [-0.3, -0.25) is 9.59 Å². The van der Waals surface area contributed by atoms with Crippen LogP contribution in [0.25, 0.3) is 11.3 Å². The third-order valence-electron chi connectivity index (χ3n) is 8.05. The number of aromatic nitrogens is 3. The molecule has 1 atom stereocenters. The summed E-state index contributed by atoms with van der Waals surface area (Å²) in [6.07, 6.45) is -0.994. The van der Waals surface area contributed by atoms with E-state index in [0.717, 1.165) is 24.9 Å². The molecule has 1 spiro atoms. The van der Waals surface area contributed by atoms with Crippen LogP contribution in [0.15, 0.2) is 35.8 Å². The molecule has 14 heteroatoms. The number of ether oxygens (including phenoxy) is 2. The molecule has 43 heavy (non-hydrogen) atoms. The minimum absolute atomic E-state index is 0.00332. The maximum atomic E-state index is 13.5. The Balaban J connectivity index is 1.14. The van der Waals surface area contributed by atoms with E-state index in [2.05, 4.69) is 20.2 Å². The molecule has 3 fully saturated rings. The third kappa shape index (κ3) is 6.03. The van der Waals surface area contributed by atoms with Crippen molar-refractivity contribution in [2.75, 3.05) is 39.8 Å². The summed E-state index contributed by atoms with van der Waals surface area (Å²) < 4.78 is 50.6. The Bertz CT molecular complexity index is 1520. The van der Waals surface area contributed by atoms with E-state index >= 15 is 0 Å². The topological polar surface area (TPSA) is 110 Å². The fourth-order valence-corrected chi connectivity index (χ4v) is 6.66. The van der Waals surface area contributed by atoms with Gasteiger partial charge in [-0.05, 0) is 64.0 Å². The Morgan fingerprint density at radius 3 is 2.65 bits per heavy atom. The molecule has 3 aromatic heterocycles. The molecule has 2 aliphatic heterocycles. The number of likely N-dealkylation sites (tertiary alicyclic amines) is 2. The molecule has 0 bridgehead atoms. The van der Waals surface area contributed by atoms with E-state index in [1.807, 2.05) is 20.0 Å². The van der Waals surface area contributed by atoms with E-state index in [9.17, 15) is 22.8 Å². The number of carbonyl (C=O) groups is 2. The highest BCUT2D eigenvalue weighted by Crippen LogP contribution is 2.50. The van der Waals surface area contributed by atoms with Crippen LogP contribution in [0.2, 0.25) is 0 Å². The number of amides is 2. The van der Waals surface area contributed by atoms with Crippen LogP contribution in [0.3, 0.4) is 0 Å². The van der Waals surface area contributed by atoms with E-state index in [1.165, 1.54) is 4.90 Å². The predicted molar refractivity (Wildman–Crippen MR) is 151 cm³/mol. The summed E-state index contributed by atoms with van der Waals surface area (Å²) in [7, 11) is 2.01. The lowest BCUT2D eigenvalue weighted by molar-refractivity contribution is -0.137. The van der Waals surface area contributed by atoms with Crippen molar-refractivity contribution in [3.8, 4) is 22.9 Å². The minimum Gasteiger partial charge on any atom is -0.488 e. The second-order valence-corrected chi connectivity index (χ2v) is 12.3. The van der Waals surface area contributed by atoms with E-state index < -0.39 is 17.1 Å². The lowest BCUT2D eigenvalue weighted by Crippen LogP contribution is -2.65. The quantitative estimate of drug-likeness (QED) is 0.403. The lowest BCUT2D eigenvalue weighted by atomic mass is 9.61. The van der Waals surface area contributed by atoms with Gasteiger partial charge in [-0.2, -0.15) is 13.2 Å². The van der Waals surface area contributed by atoms with Gasteiger partial charge in [0.1, 0.15) is 11.8 Å². The standard InChI is InChI=1S/C29H31F3N6O4S/c1-3-41-25-19(5-4-9-33-25)20-6-7-22(23(35-20)24(39)34-17-8-10-37(2)13-17)42-18-11-28(12-18)15-38(16-28)26(40)21-14-43-27(36-21)29(30,31)32/h4-7,9,14,17-18H,3,8,10-13,15-16H2,1-2H3,(H,34,39)/t17-/m1/s1. The van der Waals surface area contributed by atoms with Crippen molar-refractivity contribution in [2.24, 2.45) is 5.41 Å². The second kappa shape index (κ2) is 11.4. The summed E-state index contributed by atoms with van der Waals surface area (Å²) in [6.45, 7) is 4.78. The van der Waals surface area contributed by atoms with Crippen molar-refractivity contribution in [1.29, 1.82) is 0 Å². The SMILES string of the molecule is CCOc1ncccc1-c1ccc(OC2CC3(C2)CN(C(=O)c2csc(C(F)(F)F)n2)C3)c(C(=O)N[C@@H]2CCN(C)C2)n1. The van der Waals surface area contributed by atoms with Crippen LogP contribution in [0, 0.1) is 5.41 Å². The minimum atomic E-state index is -4.57. The molecule has 2 saturated heterocycles. The van der Waals surface area contributed by atoms with E-state index in [0.29, 0.717) is 66.8 Å². The van der Waals surface area contributed by atoms with Crippen LogP contribution in [-0.2, 0) is 6.18 Å². The summed E-state index contributed by atoms with van der Waals surface area (Å²) in [4.78, 5) is 42.3. The second-order valence-electron chi connectivity index (χ2n) is 11.4. The molecule has 3 aromatic rings. The molecular weight excluding hydrogens is 585 g/mol. The average Bonchev–Trinajstić information content (AvgIpc) is 3.59. The van der Waals surface area contributed by atoms with Crippen molar-refractivity contribution in [1.82, 2.24) is 30.1 Å². The van der Waals surface area contributed by atoms with Crippen molar-refractivity contribution in [3.05, 3.63) is 52.2 Å². The van der Waals surface area contributed by atoms with Crippen molar-refractivity contribution < 1.29 is 32.2 Å². The molecule has 3 aliphatic rings. The van der Waals surface area contributed by atoms with Crippen LogP contribution in [0.4, 0.5) is 13.2 Å². The molecule has 0 aromatic carbocycles. The molecule has 10 nitrogen and oxygen atoms in total. The van der Waals surface area contributed by atoms with E-state index in [4.69, 9.17) is 14.5 Å². The van der Waals surface area contributed by atoms with E-state index in [1.54, 1.807) is 24.4 Å². The number of pyridine rings is 2. The zero-order valence-electron chi connectivity index (χ0n) is 23.7. The van der Waals surface area contributed by atoms with Crippen LogP contribution >= 0.6 is 11.3 Å². The van der Waals surface area contributed by atoms with Gasteiger partial charge in [-0.15, -0.1) is 11.3 Å². The summed E-state index contributed by atoms with van der Waals surface area (Å²) in [5.74, 6) is -0.0363. The number of carbonyl (C=O) groups excluding carboxylic acids is 2. The lowest BCUT2D eigenvalue weighted by Gasteiger charge is -2.58. The summed E-state index contributed by atoms with van der Waals surface area (Å²) in [5.41, 5.74) is 1.03. The summed E-state index contributed by atoms with van der Waals surface area (Å²) in [5, 5.41) is 3.21. The third-order valence-corrected chi connectivity index (χ3v) is 8.94. The number of halogens is 3. The van der Waals surface area contributed by atoms with Gasteiger partial charge >= 0.3 is 6.18 Å². The van der Waals surface area contributed by atoms with Gasteiger partial charge in [-0.1, -0.05) is 0 Å². The van der Waals surface area contributed by atoms with Gasteiger partial charge in [-0.25, -0.2) is 15.0 Å². The molecule has 228 valence electrons. The first kappa shape index (κ1) is 29.3. The number of hydrogen-bond donors (Lipinski definition) is 1. The number of thiazole rings is 1. The molecule has 1 N–H and O–H groups in total. The first-order valence-electron chi connectivity index (χ1n) is 14.1. The van der Waals surface area contributed by atoms with Gasteiger partial charge < -0.3 is 24.6 Å². The summed E-state index contributed by atoms with van der Waals surface area (Å²) in [6, 6.07) is 7.13. The van der Waals surface area contributed by atoms with Gasteiger partial charge in [0.05, 0.1) is 17.9 Å². The zero-order valence-corrected chi connectivity index (χ0v) is 24.5. The molecule has 0 radical (unpaired) electrons. The molecular formula is C29H31F3N6O4S. The largest absolute Gasteiger partial charge is 0.488 e. The number of alkyl halides is 3. The highest BCUT2D eigenvalue weighted by atomic mass is 32.1. The maximum Gasteiger partial charge on any atom is 0.443 e. The Kier molecular flexibility index (Phi) is 7.75. The Hall–Kier alpha value is -3.78. The number of hydrogen-bond acceptors (Lipinski definition) is 9. The van der Waals surface area contributed by atoms with Gasteiger partial charge in [0.25, 0.3) is 11.8 Å². The van der Waals surface area contributed by atoms with Crippen molar-refractivity contribution in [2.45, 2.75) is 44.5 Å². The smallest absolute Gasteiger partial charge is 0.443 e. The number of nitrogens with zero attached hydrogens (tertiary/aromatic N) is 5. The fourth-order valence-electron chi connectivity index (χ4n) is 6.00. The molecule has 0 unspecified atom stereocenters. The Labute approximate surface area is 250 Å². The monoisotopic (exact) mass is 616 g/mol. The number of rotatable bonds is 8. The molecule has 1 aliphatic carbocycles. The first-order valence-corrected chi connectivity index (χ1v) is 15.0. The fraction of sp³-hybridized carbons (Fsp3) is 0.483. The van der Waals surface area contributed by atoms with Crippen LogP contribution in [0.1, 0.15) is 52.2 Å². The van der Waals surface area contributed by atoms with Gasteiger partial charge in [0, 0.05) is 42.7 Å².